The van der Waals surface area contributed by atoms with Gasteiger partial charge in [-0.2, -0.15) is 4.98 Å². The van der Waals surface area contributed by atoms with Gasteiger partial charge in [0.1, 0.15) is 0 Å². The summed E-state index contributed by atoms with van der Waals surface area (Å²) in [5, 5.41) is 4.12. The number of hydrogen-bond donors (Lipinski definition) is 1. The zero-order valence-electron chi connectivity index (χ0n) is 11.1. The molecule has 0 spiro atoms. The van der Waals surface area contributed by atoms with Gasteiger partial charge in [0.25, 0.3) is 5.89 Å². The summed E-state index contributed by atoms with van der Waals surface area (Å²) in [6, 6.07) is 14.0. The maximum absolute atomic E-state index is 6.00. The number of nitrogens with zero attached hydrogens (tertiary/aromatic N) is 2. The van der Waals surface area contributed by atoms with Crippen LogP contribution in [0.5, 0.6) is 0 Å². The third-order valence-electron chi connectivity index (χ3n) is 3.85. The van der Waals surface area contributed by atoms with Gasteiger partial charge in [0, 0.05) is 10.2 Å². The van der Waals surface area contributed by atoms with Crippen molar-refractivity contribution in [1.82, 2.24) is 10.1 Å². The molecule has 0 saturated carbocycles. The molecule has 0 amide bonds. The van der Waals surface area contributed by atoms with Crippen molar-refractivity contribution >= 4 is 21.6 Å². The highest BCUT2D eigenvalue weighted by molar-refractivity contribution is 9.10. The molecule has 0 radical (unpaired) electrons. The normalized spacial score (nSPS) is 16.3. The Morgan fingerprint density at radius 2 is 2.05 bits per heavy atom. The van der Waals surface area contributed by atoms with Gasteiger partial charge in [-0.15, -0.1) is 0 Å². The molecule has 1 atom stereocenters. The second kappa shape index (κ2) is 4.70. The minimum absolute atomic E-state index is 0.232. The van der Waals surface area contributed by atoms with E-state index in [9.17, 15) is 0 Å². The summed E-state index contributed by atoms with van der Waals surface area (Å²) in [5.41, 5.74) is 10.0. The number of benzene rings is 2. The maximum Gasteiger partial charge on any atom is 0.260 e. The average molecular weight is 342 g/mol. The molecule has 1 aliphatic rings. The molecule has 5 heteroatoms. The SMILES string of the molecule is Nc1cc(Br)ccc1-c1nc(C2Cc3ccccc32)no1. The summed E-state index contributed by atoms with van der Waals surface area (Å²) in [4.78, 5) is 4.52. The fraction of sp³-hybridized carbons (Fsp3) is 0.125. The topological polar surface area (TPSA) is 64.9 Å². The molecule has 1 aliphatic carbocycles. The third kappa shape index (κ3) is 2.05. The molecule has 21 heavy (non-hydrogen) atoms. The van der Waals surface area contributed by atoms with Gasteiger partial charge in [0.2, 0.25) is 0 Å². The predicted octanol–water partition coefficient (Wildman–Crippen LogP) is 3.77. The zero-order valence-corrected chi connectivity index (χ0v) is 12.7. The van der Waals surface area contributed by atoms with Crippen LogP contribution >= 0.6 is 15.9 Å². The van der Waals surface area contributed by atoms with E-state index in [-0.39, 0.29) is 5.92 Å². The van der Waals surface area contributed by atoms with Crippen molar-refractivity contribution in [2.24, 2.45) is 0 Å². The van der Waals surface area contributed by atoms with E-state index < -0.39 is 0 Å². The van der Waals surface area contributed by atoms with Crippen molar-refractivity contribution in [2.45, 2.75) is 12.3 Å². The van der Waals surface area contributed by atoms with Crippen LogP contribution in [0.15, 0.2) is 51.5 Å². The van der Waals surface area contributed by atoms with Crippen LogP contribution in [0.4, 0.5) is 5.69 Å². The van der Waals surface area contributed by atoms with Gasteiger partial charge in [0.15, 0.2) is 5.82 Å². The van der Waals surface area contributed by atoms with Crippen LogP contribution in [0.25, 0.3) is 11.5 Å². The first-order valence-electron chi connectivity index (χ1n) is 6.69. The quantitative estimate of drug-likeness (QED) is 0.720. The van der Waals surface area contributed by atoms with Gasteiger partial charge in [-0.3, -0.25) is 0 Å². The van der Waals surface area contributed by atoms with E-state index in [0.29, 0.717) is 11.6 Å². The first kappa shape index (κ1) is 12.6. The Balaban J connectivity index is 1.68. The van der Waals surface area contributed by atoms with Crippen LogP contribution in [0.1, 0.15) is 22.9 Å². The second-order valence-corrected chi connectivity index (χ2v) is 6.06. The van der Waals surface area contributed by atoms with Gasteiger partial charge in [0.05, 0.1) is 11.5 Å². The summed E-state index contributed by atoms with van der Waals surface area (Å²) in [7, 11) is 0. The number of fused-ring (bicyclic) bond motifs is 1. The Hall–Kier alpha value is -2.14. The van der Waals surface area contributed by atoms with Crippen molar-refractivity contribution in [2.75, 3.05) is 5.73 Å². The number of halogens is 1. The number of rotatable bonds is 2. The van der Waals surface area contributed by atoms with Crippen molar-refractivity contribution in [3.8, 4) is 11.5 Å². The smallest absolute Gasteiger partial charge is 0.260 e. The molecule has 1 unspecified atom stereocenters. The Bertz CT molecular complexity index is 828. The van der Waals surface area contributed by atoms with E-state index in [0.717, 1.165) is 22.3 Å². The summed E-state index contributed by atoms with van der Waals surface area (Å²) in [6.07, 6.45) is 0.963. The standard InChI is InChI=1S/C16H12BrN3O/c17-10-5-6-12(14(18)8-10)16-19-15(20-21-16)13-7-9-3-1-2-4-11(9)13/h1-6,8,13H,7,18H2. The molecule has 2 aromatic carbocycles. The van der Waals surface area contributed by atoms with Crippen LogP contribution in [0.3, 0.4) is 0 Å². The Kier molecular flexibility index (Phi) is 2.82. The van der Waals surface area contributed by atoms with Crippen molar-refractivity contribution in [1.29, 1.82) is 0 Å². The monoisotopic (exact) mass is 341 g/mol. The lowest BCUT2D eigenvalue weighted by Crippen LogP contribution is -2.19. The lowest BCUT2D eigenvalue weighted by molar-refractivity contribution is 0.416. The first-order valence-corrected chi connectivity index (χ1v) is 7.48. The molecule has 4 rings (SSSR count). The van der Waals surface area contributed by atoms with E-state index in [2.05, 4.69) is 44.3 Å². The molecule has 4 nitrogen and oxygen atoms in total. The lowest BCUT2D eigenvalue weighted by atomic mass is 9.77. The molecule has 0 fully saturated rings. The molecule has 0 bridgehead atoms. The molecule has 104 valence electrons. The van der Waals surface area contributed by atoms with Crippen molar-refractivity contribution < 1.29 is 4.52 Å². The fourth-order valence-corrected chi connectivity index (χ4v) is 3.08. The number of anilines is 1. The molecule has 2 N–H and O–H groups in total. The minimum Gasteiger partial charge on any atom is -0.398 e. The highest BCUT2D eigenvalue weighted by Crippen LogP contribution is 2.39. The van der Waals surface area contributed by atoms with Crippen LogP contribution in [-0.2, 0) is 6.42 Å². The van der Waals surface area contributed by atoms with E-state index in [1.54, 1.807) is 0 Å². The van der Waals surface area contributed by atoms with Crippen molar-refractivity contribution in [3.63, 3.8) is 0 Å². The largest absolute Gasteiger partial charge is 0.398 e. The first-order chi connectivity index (χ1) is 10.2. The number of nitrogens with two attached hydrogens (primary N) is 1. The third-order valence-corrected chi connectivity index (χ3v) is 4.35. The van der Waals surface area contributed by atoms with Crippen molar-refractivity contribution in [3.05, 3.63) is 63.9 Å². The number of hydrogen-bond acceptors (Lipinski definition) is 4. The highest BCUT2D eigenvalue weighted by Gasteiger charge is 2.31. The van der Waals surface area contributed by atoms with E-state index >= 15 is 0 Å². The summed E-state index contributed by atoms with van der Waals surface area (Å²) >= 11 is 3.39. The van der Waals surface area contributed by atoms with E-state index in [1.165, 1.54) is 11.1 Å². The Labute approximate surface area is 130 Å². The molecular formula is C16H12BrN3O. The summed E-state index contributed by atoms with van der Waals surface area (Å²) < 4.78 is 6.31. The van der Waals surface area contributed by atoms with Gasteiger partial charge >= 0.3 is 0 Å². The Morgan fingerprint density at radius 1 is 1.19 bits per heavy atom. The van der Waals surface area contributed by atoms with Crippen LogP contribution in [-0.4, -0.2) is 10.1 Å². The minimum atomic E-state index is 0.232. The predicted molar refractivity (Wildman–Crippen MR) is 83.8 cm³/mol. The van der Waals surface area contributed by atoms with Crippen LogP contribution in [0, 0.1) is 0 Å². The average Bonchev–Trinajstić information content (AvgIpc) is 2.89. The van der Waals surface area contributed by atoms with Gasteiger partial charge in [-0.05, 0) is 35.7 Å². The molecule has 1 aromatic heterocycles. The Morgan fingerprint density at radius 3 is 2.86 bits per heavy atom. The molecule has 3 aromatic rings. The van der Waals surface area contributed by atoms with Gasteiger partial charge in [-0.1, -0.05) is 45.4 Å². The highest BCUT2D eigenvalue weighted by atomic mass is 79.9. The van der Waals surface area contributed by atoms with Crippen LogP contribution in [0.2, 0.25) is 0 Å². The second-order valence-electron chi connectivity index (χ2n) is 5.14. The number of nitrogen functional groups attached to an aromatic ring is 1. The van der Waals surface area contributed by atoms with Gasteiger partial charge in [-0.25, -0.2) is 0 Å². The van der Waals surface area contributed by atoms with E-state index in [4.69, 9.17) is 10.3 Å². The number of aromatic nitrogens is 2. The summed E-state index contributed by atoms with van der Waals surface area (Å²) in [6.45, 7) is 0. The zero-order chi connectivity index (χ0) is 14.4. The molecule has 0 aliphatic heterocycles. The molecular weight excluding hydrogens is 330 g/mol. The lowest BCUT2D eigenvalue weighted by Gasteiger charge is -2.27. The molecule has 1 heterocycles. The van der Waals surface area contributed by atoms with E-state index in [1.807, 2.05) is 24.3 Å². The van der Waals surface area contributed by atoms with Crippen LogP contribution < -0.4 is 5.73 Å². The fourth-order valence-electron chi connectivity index (χ4n) is 2.70. The maximum atomic E-state index is 6.00. The summed E-state index contributed by atoms with van der Waals surface area (Å²) in [5.74, 6) is 1.43. The van der Waals surface area contributed by atoms with Gasteiger partial charge < -0.3 is 10.3 Å². The molecule has 0 saturated heterocycles.